The lowest BCUT2D eigenvalue weighted by Gasteiger charge is -2.40. The smallest absolute Gasteiger partial charge is 0.227 e. The van der Waals surface area contributed by atoms with Crippen molar-refractivity contribution < 1.29 is 9.50 Å². The van der Waals surface area contributed by atoms with E-state index in [4.69, 9.17) is 4.98 Å². The quantitative estimate of drug-likeness (QED) is 0.608. The standard InChI is InChI=1S/C24H30FN7O/c1-4-16-12-28-22(32-10-6-15(32)2)18-13-27-21(11-17(16)18)29-20-5-8-26-23(30-20)31-9-7-19(33)24(3,25)14-31/h5,8,11-13,15,19,33H,4,6-7,9-10,14H2,1-3H3,(H,26,27,29,30)/t15-,19+,24-/m0/s1. The van der Waals surface area contributed by atoms with E-state index in [9.17, 15) is 9.50 Å². The normalized spacial score (nSPS) is 25.2. The van der Waals surface area contributed by atoms with Crippen molar-refractivity contribution in [2.75, 3.05) is 34.8 Å². The molecule has 3 atom stereocenters. The molecule has 5 heterocycles. The summed E-state index contributed by atoms with van der Waals surface area (Å²) in [5.41, 5.74) is -0.522. The molecular weight excluding hydrogens is 421 g/mol. The van der Waals surface area contributed by atoms with E-state index in [1.54, 1.807) is 17.2 Å². The Bertz CT molecular complexity index is 1170. The van der Waals surface area contributed by atoms with Gasteiger partial charge in [0.2, 0.25) is 5.95 Å². The number of aliphatic hydroxyl groups is 1. The molecule has 0 bridgehead atoms. The van der Waals surface area contributed by atoms with Gasteiger partial charge in [0.05, 0.1) is 12.6 Å². The molecule has 9 heteroatoms. The fraction of sp³-hybridized carbons (Fsp3) is 0.500. The summed E-state index contributed by atoms with van der Waals surface area (Å²) in [5, 5.41) is 15.4. The van der Waals surface area contributed by atoms with E-state index < -0.39 is 11.8 Å². The first kappa shape index (κ1) is 21.8. The number of fused-ring (bicyclic) bond motifs is 1. The molecule has 0 radical (unpaired) electrons. The monoisotopic (exact) mass is 451 g/mol. The molecule has 0 unspecified atom stereocenters. The molecular formula is C24H30FN7O. The van der Waals surface area contributed by atoms with Gasteiger partial charge in [-0.05, 0) is 56.2 Å². The zero-order valence-corrected chi connectivity index (χ0v) is 19.3. The Balaban J connectivity index is 1.42. The molecule has 2 fully saturated rings. The van der Waals surface area contributed by atoms with Gasteiger partial charge in [0, 0.05) is 43.1 Å². The Morgan fingerprint density at radius 3 is 2.70 bits per heavy atom. The molecule has 0 spiro atoms. The minimum atomic E-state index is -1.69. The number of halogens is 1. The maximum absolute atomic E-state index is 14.6. The van der Waals surface area contributed by atoms with Crippen LogP contribution in [0.15, 0.2) is 30.7 Å². The topological polar surface area (TPSA) is 90.3 Å². The number of alkyl halides is 1. The number of hydrogen-bond donors (Lipinski definition) is 2. The van der Waals surface area contributed by atoms with Gasteiger partial charge < -0.3 is 20.2 Å². The highest BCUT2D eigenvalue weighted by Crippen LogP contribution is 2.34. The van der Waals surface area contributed by atoms with E-state index in [0.29, 0.717) is 36.6 Å². The third kappa shape index (κ3) is 4.06. The summed E-state index contributed by atoms with van der Waals surface area (Å²) in [6.45, 7) is 7.33. The van der Waals surface area contributed by atoms with E-state index in [2.05, 4.69) is 39.0 Å². The van der Waals surface area contributed by atoms with Crippen LogP contribution in [0.25, 0.3) is 10.8 Å². The highest BCUT2D eigenvalue weighted by molar-refractivity contribution is 5.95. The first-order valence-electron chi connectivity index (χ1n) is 11.6. The second-order valence-corrected chi connectivity index (χ2v) is 9.28. The molecule has 0 amide bonds. The average Bonchev–Trinajstić information content (AvgIpc) is 2.80. The van der Waals surface area contributed by atoms with Gasteiger partial charge in [-0.25, -0.2) is 19.3 Å². The molecule has 174 valence electrons. The van der Waals surface area contributed by atoms with Crippen LogP contribution in [0, 0.1) is 0 Å². The number of nitrogens with zero attached hydrogens (tertiary/aromatic N) is 6. The van der Waals surface area contributed by atoms with Gasteiger partial charge in [0.1, 0.15) is 17.5 Å². The predicted octanol–water partition coefficient (Wildman–Crippen LogP) is 3.62. The molecule has 2 aliphatic heterocycles. The third-order valence-electron chi connectivity index (χ3n) is 6.86. The minimum absolute atomic E-state index is 0.0520. The molecule has 2 aliphatic rings. The second-order valence-electron chi connectivity index (χ2n) is 9.28. The van der Waals surface area contributed by atoms with Gasteiger partial charge in [-0.3, -0.25) is 0 Å². The second kappa shape index (κ2) is 8.37. The number of rotatable bonds is 5. The fourth-order valence-electron chi connectivity index (χ4n) is 4.60. The molecule has 0 aromatic carbocycles. The van der Waals surface area contributed by atoms with Gasteiger partial charge in [0.25, 0.3) is 0 Å². The highest BCUT2D eigenvalue weighted by Gasteiger charge is 2.39. The largest absolute Gasteiger partial charge is 0.390 e. The van der Waals surface area contributed by atoms with Crippen LogP contribution < -0.4 is 15.1 Å². The lowest BCUT2D eigenvalue weighted by molar-refractivity contribution is -0.00860. The van der Waals surface area contributed by atoms with Crippen LogP contribution in [0.4, 0.5) is 27.8 Å². The Kier molecular flexibility index (Phi) is 5.52. The number of aliphatic hydroxyl groups excluding tert-OH is 1. The third-order valence-corrected chi connectivity index (χ3v) is 6.86. The van der Waals surface area contributed by atoms with Gasteiger partial charge in [-0.2, -0.15) is 4.98 Å². The number of anilines is 4. The van der Waals surface area contributed by atoms with Gasteiger partial charge >= 0.3 is 0 Å². The Morgan fingerprint density at radius 2 is 2.00 bits per heavy atom. The summed E-state index contributed by atoms with van der Waals surface area (Å²) < 4.78 is 14.6. The zero-order chi connectivity index (χ0) is 23.2. The van der Waals surface area contributed by atoms with Crippen molar-refractivity contribution in [3.05, 3.63) is 36.3 Å². The van der Waals surface area contributed by atoms with E-state index in [-0.39, 0.29) is 6.54 Å². The summed E-state index contributed by atoms with van der Waals surface area (Å²) in [6.07, 6.45) is 6.93. The molecule has 0 saturated carbocycles. The average molecular weight is 452 g/mol. The molecule has 3 aromatic heterocycles. The number of aryl methyl sites for hydroxylation is 1. The van der Waals surface area contributed by atoms with Crippen molar-refractivity contribution in [1.82, 2.24) is 19.9 Å². The van der Waals surface area contributed by atoms with Crippen LogP contribution >= 0.6 is 0 Å². The molecule has 5 rings (SSSR count). The number of nitrogens with one attached hydrogen (secondary N) is 1. The van der Waals surface area contributed by atoms with Crippen molar-refractivity contribution >= 4 is 34.2 Å². The van der Waals surface area contributed by atoms with E-state index in [1.165, 1.54) is 18.9 Å². The van der Waals surface area contributed by atoms with Crippen molar-refractivity contribution in [3.63, 3.8) is 0 Å². The van der Waals surface area contributed by atoms with E-state index >= 15 is 0 Å². The van der Waals surface area contributed by atoms with Gasteiger partial charge in [-0.15, -0.1) is 0 Å². The lowest BCUT2D eigenvalue weighted by Crippen LogP contribution is -2.52. The maximum Gasteiger partial charge on any atom is 0.227 e. The van der Waals surface area contributed by atoms with Crippen molar-refractivity contribution in [2.45, 2.75) is 57.8 Å². The fourth-order valence-corrected chi connectivity index (χ4v) is 4.60. The van der Waals surface area contributed by atoms with Gasteiger partial charge in [-0.1, -0.05) is 6.92 Å². The van der Waals surface area contributed by atoms with Crippen LogP contribution in [0.3, 0.4) is 0 Å². The highest BCUT2D eigenvalue weighted by atomic mass is 19.1. The lowest BCUT2D eigenvalue weighted by atomic mass is 9.94. The summed E-state index contributed by atoms with van der Waals surface area (Å²) >= 11 is 0. The molecule has 33 heavy (non-hydrogen) atoms. The van der Waals surface area contributed by atoms with Crippen molar-refractivity contribution in [3.8, 4) is 0 Å². The minimum Gasteiger partial charge on any atom is -0.390 e. The zero-order valence-electron chi connectivity index (χ0n) is 19.3. The Labute approximate surface area is 192 Å². The number of pyridine rings is 2. The van der Waals surface area contributed by atoms with E-state index in [1.807, 2.05) is 18.5 Å². The van der Waals surface area contributed by atoms with Crippen LogP contribution in [-0.2, 0) is 6.42 Å². The molecule has 8 nitrogen and oxygen atoms in total. The number of aromatic nitrogens is 4. The van der Waals surface area contributed by atoms with Crippen LogP contribution in [0.5, 0.6) is 0 Å². The first-order chi connectivity index (χ1) is 15.9. The summed E-state index contributed by atoms with van der Waals surface area (Å²) in [7, 11) is 0. The molecule has 2 N–H and O–H groups in total. The Hall–Kier alpha value is -3.07. The first-order valence-corrected chi connectivity index (χ1v) is 11.6. The Morgan fingerprint density at radius 1 is 1.15 bits per heavy atom. The van der Waals surface area contributed by atoms with Crippen LogP contribution in [0.1, 0.15) is 39.2 Å². The summed E-state index contributed by atoms with van der Waals surface area (Å²) in [4.78, 5) is 22.4. The summed E-state index contributed by atoms with van der Waals surface area (Å²) in [5.74, 6) is 2.69. The van der Waals surface area contributed by atoms with Gasteiger partial charge in [0.15, 0.2) is 5.67 Å². The predicted molar refractivity (Wildman–Crippen MR) is 128 cm³/mol. The molecule has 3 aromatic rings. The summed E-state index contributed by atoms with van der Waals surface area (Å²) in [6, 6.07) is 4.30. The molecule has 2 saturated heterocycles. The van der Waals surface area contributed by atoms with Crippen molar-refractivity contribution in [1.29, 1.82) is 0 Å². The van der Waals surface area contributed by atoms with E-state index in [0.717, 1.165) is 29.6 Å². The molecule has 0 aliphatic carbocycles. The SMILES string of the molecule is CCc1cnc(N2CC[C@@H]2C)c2cnc(Nc3ccnc(N4CC[C@@H](O)[C@@](C)(F)C4)n3)cc12. The van der Waals surface area contributed by atoms with Crippen LogP contribution in [0.2, 0.25) is 0 Å². The van der Waals surface area contributed by atoms with Crippen molar-refractivity contribution in [2.24, 2.45) is 0 Å². The maximum atomic E-state index is 14.6. The van der Waals surface area contributed by atoms with Crippen LogP contribution in [-0.4, -0.2) is 62.5 Å². The number of piperidine rings is 1. The number of hydrogen-bond acceptors (Lipinski definition) is 8.